The highest BCUT2D eigenvalue weighted by atomic mass is 19.4. The molecule has 0 saturated carbocycles. The largest absolute Gasteiger partial charge is 0.416 e. The van der Waals surface area contributed by atoms with Crippen molar-refractivity contribution < 1.29 is 17.6 Å². The second-order valence-electron chi connectivity index (χ2n) is 4.58. The number of hydrogen-bond acceptors (Lipinski definition) is 2. The van der Waals surface area contributed by atoms with E-state index in [1.807, 2.05) is 12.1 Å². The van der Waals surface area contributed by atoms with E-state index < -0.39 is 17.6 Å². The molecule has 6 heteroatoms. The standard InChI is InChI=1S/C15H14F4N2/c16-13-2-1-12(14(9-13)15(17,18)19)10-21-8-5-11-3-6-20-7-4-11/h1-4,6-7,9,21H,5,8,10H2. The molecule has 1 aromatic carbocycles. The SMILES string of the molecule is Fc1ccc(CNCCc2ccncc2)c(C(F)(F)F)c1. The number of hydrogen-bond donors (Lipinski definition) is 1. The minimum atomic E-state index is -4.55. The van der Waals surface area contributed by atoms with Crippen molar-refractivity contribution in [3.63, 3.8) is 0 Å². The second-order valence-corrected chi connectivity index (χ2v) is 4.58. The quantitative estimate of drug-likeness (QED) is 0.674. The number of aromatic nitrogens is 1. The average molecular weight is 298 g/mol. The van der Waals surface area contributed by atoms with Crippen molar-refractivity contribution in [1.29, 1.82) is 0 Å². The summed E-state index contributed by atoms with van der Waals surface area (Å²) in [5, 5.41) is 2.94. The second kappa shape index (κ2) is 6.67. The summed E-state index contributed by atoms with van der Waals surface area (Å²) in [4.78, 5) is 3.89. The van der Waals surface area contributed by atoms with Gasteiger partial charge in [0.05, 0.1) is 5.56 Å². The van der Waals surface area contributed by atoms with Crippen LogP contribution in [0.2, 0.25) is 0 Å². The highest BCUT2D eigenvalue weighted by Gasteiger charge is 2.33. The van der Waals surface area contributed by atoms with E-state index in [4.69, 9.17) is 0 Å². The zero-order chi connectivity index (χ0) is 15.3. The van der Waals surface area contributed by atoms with Crippen molar-refractivity contribution in [2.24, 2.45) is 0 Å². The minimum absolute atomic E-state index is 0.0404. The minimum Gasteiger partial charge on any atom is -0.312 e. The van der Waals surface area contributed by atoms with Crippen LogP contribution in [-0.2, 0) is 19.1 Å². The Morgan fingerprint density at radius 1 is 1.05 bits per heavy atom. The molecule has 21 heavy (non-hydrogen) atoms. The predicted octanol–water partition coefficient (Wildman–Crippen LogP) is 3.57. The molecule has 0 aliphatic heterocycles. The lowest BCUT2D eigenvalue weighted by Gasteiger charge is -2.13. The monoisotopic (exact) mass is 298 g/mol. The first-order valence-electron chi connectivity index (χ1n) is 6.42. The van der Waals surface area contributed by atoms with Crippen LogP contribution >= 0.6 is 0 Å². The Balaban J connectivity index is 1.94. The number of nitrogens with one attached hydrogen (secondary N) is 1. The Hall–Kier alpha value is -1.95. The molecule has 0 spiro atoms. The Kier molecular flexibility index (Phi) is 4.90. The van der Waals surface area contributed by atoms with Gasteiger partial charge in [-0.2, -0.15) is 13.2 Å². The topological polar surface area (TPSA) is 24.9 Å². The summed E-state index contributed by atoms with van der Waals surface area (Å²) in [6, 6.07) is 6.42. The number of alkyl halides is 3. The maximum absolute atomic E-state index is 13.0. The highest BCUT2D eigenvalue weighted by Crippen LogP contribution is 2.32. The Labute approximate surface area is 119 Å². The fraction of sp³-hybridized carbons (Fsp3) is 0.267. The maximum Gasteiger partial charge on any atom is 0.416 e. The average Bonchev–Trinajstić information content (AvgIpc) is 2.45. The molecule has 1 heterocycles. The van der Waals surface area contributed by atoms with E-state index in [1.54, 1.807) is 12.4 Å². The fourth-order valence-corrected chi connectivity index (χ4v) is 1.97. The van der Waals surface area contributed by atoms with Crippen LogP contribution < -0.4 is 5.32 Å². The molecule has 0 atom stereocenters. The summed E-state index contributed by atoms with van der Waals surface area (Å²) in [6.07, 6.45) is -0.538. The lowest BCUT2D eigenvalue weighted by molar-refractivity contribution is -0.138. The molecule has 0 bridgehead atoms. The van der Waals surface area contributed by atoms with E-state index in [-0.39, 0.29) is 12.1 Å². The van der Waals surface area contributed by atoms with Crippen molar-refractivity contribution in [2.75, 3.05) is 6.54 Å². The Bertz CT molecular complexity index is 582. The summed E-state index contributed by atoms with van der Waals surface area (Å²) in [7, 11) is 0. The van der Waals surface area contributed by atoms with Gasteiger partial charge in [-0.3, -0.25) is 4.98 Å². The molecule has 0 aliphatic rings. The first-order valence-corrected chi connectivity index (χ1v) is 6.42. The van der Waals surface area contributed by atoms with Crippen LogP contribution in [0.5, 0.6) is 0 Å². The van der Waals surface area contributed by atoms with Gasteiger partial charge in [0.1, 0.15) is 5.82 Å². The van der Waals surface area contributed by atoms with Crippen molar-refractivity contribution in [3.8, 4) is 0 Å². The predicted molar refractivity (Wildman–Crippen MR) is 71.0 cm³/mol. The number of halogens is 4. The van der Waals surface area contributed by atoms with E-state index in [0.29, 0.717) is 19.0 Å². The van der Waals surface area contributed by atoms with Gasteiger partial charge in [-0.25, -0.2) is 4.39 Å². The molecule has 2 rings (SSSR count). The van der Waals surface area contributed by atoms with Gasteiger partial charge in [0.15, 0.2) is 0 Å². The van der Waals surface area contributed by atoms with Gasteiger partial charge in [0.2, 0.25) is 0 Å². The van der Waals surface area contributed by atoms with E-state index in [2.05, 4.69) is 10.3 Å². The molecule has 1 N–H and O–H groups in total. The lowest BCUT2D eigenvalue weighted by Crippen LogP contribution is -2.20. The number of pyridine rings is 1. The first kappa shape index (κ1) is 15.4. The lowest BCUT2D eigenvalue weighted by atomic mass is 10.1. The van der Waals surface area contributed by atoms with E-state index >= 15 is 0 Å². The molecule has 0 saturated heterocycles. The normalized spacial score (nSPS) is 11.6. The van der Waals surface area contributed by atoms with Crippen LogP contribution in [0, 0.1) is 5.82 Å². The van der Waals surface area contributed by atoms with Crippen molar-refractivity contribution >= 4 is 0 Å². The zero-order valence-corrected chi connectivity index (χ0v) is 11.1. The molecule has 0 unspecified atom stereocenters. The molecule has 2 aromatic rings. The van der Waals surface area contributed by atoms with Crippen molar-refractivity contribution in [3.05, 3.63) is 65.2 Å². The smallest absolute Gasteiger partial charge is 0.312 e. The molecule has 2 nitrogen and oxygen atoms in total. The molecule has 0 fully saturated rings. The number of benzene rings is 1. The Morgan fingerprint density at radius 3 is 2.43 bits per heavy atom. The van der Waals surface area contributed by atoms with Gasteiger partial charge in [0.25, 0.3) is 0 Å². The summed E-state index contributed by atoms with van der Waals surface area (Å²) in [5.41, 5.74) is 0.158. The molecular formula is C15H14F4N2. The third-order valence-electron chi connectivity index (χ3n) is 3.03. The third-order valence-corrected chi connectivity index (χ3v) is 3.03. The molecule has 112 valence electrons. The van der Waals surface area contributed by atoms with Crippen LogP contribution in [0.25, 0.3) is 0 Å². The summed E-state index contributed by atoms with van der Waals surface area (Å²) >= 11 is 0. The van der Waals surface area contributed by atoms with Gasteiger partial charge in [-0.15, -0.1) is 0 Å². The highest BCUT2D eigenvalue weighted by molar-refractivity contribution is 5.30. The van der Waals surface area contributed by atoms with Gasteiger partial charge < -0.3 is 5.32 Å². The first-order chi connectivity index (χ1) is 9.97. The van der Waals surface area contributed by atoms with Gasteiger partial charge in [-0.05, 0) is 48.4 Å². The summed E-state index contributed by atoms with van der Waals surface area (Å²) < 4.78 is 51.4. The van der Waals surface area contributed by atoms with Gasteiger partial charge in [0, 0.05) is 18.9 Å². The number of rotatable bonds is 5. The summed E-state index contributed by atoms with van der Waals surface area (Å²) in [6.45, 7) is 0.568. The van der Waals surface area contributed by atoms with Crippen LogP contribution in [0.3, 0.4) is 0 Å². The Morgan fingerprint density at radius 2 is 1.76 bits per heavy atom. The molecular weight excluding hydrogens is 284 g/mol. The third kappa shape index (κ3) is 4.53. The van der Waals surface area contributed by atoms with E-state index in [1.165, 1.54) is 0 Å². The number of nitrogens with zero attached hydrogens (tertiary/aromatic N) is 1. The van der Waals surface area contributed by atoms with Gasteiger partial charge in [-0.1, -0.05) is 6.07 Å². The van der Waals surface area contributed by atoms with E-state index in [0.717, 1.165) is 17.7 Å². The maximum atomic E-state index is 13.0. The van der Waals surface area contributed by atoms with E-state index in [9.17, 15) is 17.6 Å². The van der Waals surface area contributed by atoms with Crippen LogP contribution in [0.1, 0.15) is 16.7 Å². The van der Waals surface area contributed by atoms with Crippen molar-refractivity contribution in [1.82, 2.24) is 10.3 Å². The molecule has 1 aromatic heterocycles. The van der Waals surface area contributed by atoms with Gasteiger partial charge >= 0.3 is 6.18 Å². The fourth-order valence-electron chi connectivity index (χ4n) is 1.97. The molecule has 0 aliphatic carbocycles. The van der Waals surface area contributed by atoms with Crippen LogP contribution in [0.4, 0.5) is 17.6 Å². The molecule has 0 radical (unpaired) electrons. The summed E-state index contributed by atoms with van der Waals surface area (Å²) in [5.74, 6) is -0.886. The zero-order valence-electron chi connectivity index (χ0n) is 11.1. The van der Waals surface area contributed by atoms with Crippen LogP contribution in [0.15, 0.2) is 42.7 Å². The molecule has 0 amide bonds. The van der Waals surface area contributed by atoms with Crippen molar-refractivity contribution in [2.45, 2.75) is 19.1 Å². The van der Waals surface area contributed by atoms with Crippen LogP contribution in [-0.4, -0.2) is 11.5 Å².